The fourth-order valence-corrected chi connectivity index (χ4v) is 4.85. The number of sulfonamides is 1. The van der Waals surface area contributed by atoms with Crippen molar-refractivity contribution < 1.29 is 8.42 Å². The van der Waals surface area contributed by atoms with Gasteiger partial charge in [-0.15, -0.1) is 0 Å². The molecule has 2 aromatic rings. The highest BCUT2D eigenvalue weighted by atomic mass is 32.2. The molecule has 4 rings (SSSR count). The maximum absolute atomic E-state index is 12.0. The number of rotatable bonds is 4. The van der Waals surface area contributed by atoms with E-state index >= 15 is 0 Å². The van der Waals surface area contributed by atoms with E-state index in [1.165, 1.54) is 16.1 Å². The molecular formula is C21H26N4O2S. The summed E-state index contributed by atoms with van der Waals surface area (Å²) in [5, 5.41) is 0. The molecule has 1 aromatic carbocycles. The second kappa shape index (κ2) is 7.73. The van der Waals surface area contributed by atoms with Crippen molar-refractivity contribution in [1.82, 2.24) is 19.2 Å². The van der Waals surface area contributed by atoms with E-state index in [4.69, 9.17) is 0 Å². The average molecular weight is 399 g/mol. The first-order valence-corrected chi connectivity index (χ1v) is 11.5. The third-order valence-corrected chi connectivity index (χ3v) is 6.88. The number of nitrogens with zero attached hydrogens (tertiary/aromatic N) is 4. The Labute approximate surface area is 167 Å². The minimum atomic E-state index is -3.21. The summed E-state index contributed by atoms with van der Waals surface area (Å²) >= 11 is 0. The molecule has 6 nitrogen and oxygen atoms in total. The van der Waals surface area contributed by atoms with Crippen LogP contribution in [0, 0.1) is 0 Å². The number of hydrogen-bond donors (Lipinski definition) is 0. The number of benzene rings is 1. The third-order valence-electron chi connectivity index (χ3n) is 5.63. The lowest BCUT2D eigenvalue weighted by molar-refractivity contribution is 0.172. The highest BCUT2D eigenvalue weighted by Gasteiger charge is 2.29. The van der Waals surface area contributed by atoms with Crippen molar-refractivity contribution >= 4 is 15.6 Å². The lowest BCUT2D eigenvalue weighted by atomic mass is 9.94. The molecule has 0 N–H and O–H groups in total. The standard InChI is InChI=1S/C21H26N4O2S/c1-16-11-20-19(14-24(16)12-17-7-4-3-5-8-17)21(23-15-22-20)18-9-6-10-25(13-18)28(2,26)27/h3-5,7-9,15-16H,6,10-14H2,1-2H3. The van der Waals surface area contributed by atoms with E-state index in [1.807, 2.05) is 6.07 Å². The van der Waals surface area contributed by atoms with Gasteiger partial charge in [0.15, 0.2) is 0 Å². The van der Waals surface area contributed by atoms with Gasteiger partial charge in [-0.1, -0.05) is 36.4 Å². The maximum Gasteiger partial charge on any atom is 0.211 e. The number of fused-ring (bicyclic) bond motifs is 1. The quantitative estimate of drug-likeness (QED) is 0.792. The van der Waals surface area contributed by atoms with E-state index in [0.29, 0.717) is 25.6 Å². The van der Waals surface area contributed by atoms with Gasteiger partial charge >= 0.3 is 0 Å². The van der Waals surface area contributed by atoms with Crippen LogP contribution in [-0.4, -0.2) is 53.0 Å². The molecule has 2 aliphatic heterocycles. The Morgan fingerprint density at radius 1 is 1.14 bits per heavy atom. The predicted molar refractivity (Wildman–Crippen MR) is 110 cm³/mol. The Bertz CT molecular complexity index is 989. The first kappa shape index (κ1) is 19.2. The highest BCUT2D eigenvalue weighted by Crippen LogP contribution is 2.30. The van der Waals surface area contributed by atoms with Gasteiger partial charge in [0.1, 0.15) is 6.33 Å². The molecule has 0 saturated carbocycles. The van der Waals surface area contributed by atoms with Crippen LogP contribution in [0.15, 0.2) is 42.7 Å². The third kappa shape index (κ3) is 4.01. The van der Waals surface area contributed by atoms with Crippen molar-refractivity contribution in [2.45, 2.75) is 38.9 Å². The maximum atomic E-state index is 12.0. The van der Waals surface area contributed by atoms with Gasteiger partial charge in [-0.3, -0.25) is 4.90 Å². The van der Waals surface area contributed by atoms with Crippen LogP contribution in [0.2, 0.25) is 0 Å². The summed E-state index contributed by atoms with van der Waals surface area (Å²) in [7, 11) is -3.21. The Balaban J connectivity index is 1.63. The van der Waals surface area contributed by atoms with Crippen LogP contribution >= 0.6 is 0 Å². The fourth-order valence-electron chi connectivity index (χ4n) is 4.04. The zero-order valence-electron chi connectivity index (χ0n) is 16.4. The molecule has 3 heterocycles. The molecule has 0 radical (unpaired) electrons. The lowest BCUT2D eigenvalue weighted by Gasteiger charge is -2.35. The Morgan fingerprint density at radius 2 is 1.93 bits per heavy atom. The molecule has 1 atom stereocenters. The molecule has 0 bridgehead atoms. The molecule has 0 aliphatic carbocycles. The second-order valence-corrected chi connectivity index (χ2v) is 9.69. The molecule has 1 unspecified atom stereocenters. The number of aromatic nitrogens is 2. The van der Waals surface area contributed by atoms with E-state index in [0.717, 1.165) is 42.0 Å². The molecule has 28 heavy (non-hydrogen) atoms. The average Bonchev–Trinajstić information content (AvgIpc) is 2.68. The van der Waals surface area contributed by atoms with E-state index in [9.17, 15) is 8.42 Å². The minimum absolute atomic E-state index is 0.385. The SMILES string of the molecule is CC1Cc2ncnc(C3=CCCN(S(C)(=O)=O)C3)c2CN1Cc1ccccc1. The molecule has 0 amide bonds. The van der Waals surface area contributed by atoms with E-state index in [1.54, 1.807) is 6.33 Å². The molecular weight excluding hydrogens is 372 g/mol. The van der Waals surface area contributed by atoms with Crippen molar-refractivity contribution in [3.63, 3.8) is 0 Å². The van der Waals surface area contributed by atoms with Crippen LogP contribution in [0.3, 0.4) is 0 Å². The normalized spacial score (nSPS) is 21.2. The molecule has 1 aromatic heterocycles. The first-order valence-electron chi connectivity index (χ1n) is 9.67. The first-order chi connectivity index (χ1) is 13.4. The van der Waals surface area contributed by atoms with Gasteiger partial charge in [0.25, 0.3) is 0 Å². The largest absolute Gasteiger partial charge is 0.292 e. The summed E-state index contributed by atoms with van der Waals surface area (Å²) in [5.74, 6) is 0. The minimum Gasteiger partial charge on any atom is -0.292 e. The Hall–Kier alpha value is -2.09. The predicted octanol–water partition coefficient (Wildman–Crippen LogP) is 2.47. The zero-order chi connectivity index (χ0) is 19.7. The molecule has 2 aliphatic rings. The van der Waals surface area contributed by atoms with Crippen molar-refractivity contribution in [3.05, 3.63) is 65.2 Å². The Kier molecular flexibility index (Phi) is 5.31. The van der Waals surface area contributed by atoms with Gasteiger partial charge < -0.3 is 0 Å². The smallest absolute Gasteiger partial charge is 0.211 e. The van der Waals surface area contributed by atoms with E-state index in [-0.39, 0.29) is 0 Å². The van der Waals surface area contributed by atoms with Gasteiger partial charge in [0.05, 0.1) is 17.6 Å². The van der Waals surface area contributed by atoms with Crippen LogP contribution in [0.4, 0.5) is 0 Å². The zero-order valence-corrected chi connectivity index (χ0v) is 17.2. The van der Waals surface area contributed by atoms with Crippen molar-refractivity contribution in [2.24, 2.45) is 0 Å². The van der Waals surface area contributed by atoms with Gasteiger partial charge in [0, 0.05) is 44.2 Å². The van der Waals surface area contributed by atoms with Gasteiger partial charge in [-0.25, -0.2) is 18.4 Å². The van der Waals surface area contributed by atoms with Crippen molar-refractivity contribution in [1.29, 1.82) is 0 Å². The second-order valence-electron chi connectivity index (χ2n) is 7.71. The summed E-state index contributed by atoms with van der Waals surface area (Å²) in [4.78, 5) is 11.6. The van der Waals surface area contributed by atoms with Gasteiger partial charge in [-0.2, -0.15) is 4.31 Å². The summed E-state index contributed by atoms with van der Waals surface area (Å²) in [6, 6.07) is 10.9. The fraction of sp³-hybridized carbons (Fsp3) is 0.429. The highest BCUT2D eigenvalue weighted by molar-refractivity contribution is 7.88. The van der Waals surface area contributed by atoms with Gasteiger partial charge in [0.2, 0.25) is 10.0 Å². The lowest BCUT2D eigenvalue weighted by Crippen LogP contribution is -2.39. The molecule has 0 saturated heterocycles. The van der Waals surface area contributed by atoms with Crippen molar-refractivity contribution in [3.8, 4) is 0 Å². The summed E-state index contributed by atoms with van der Waals surface area (Å²) in [6.07, 6.45) is 6.61. The Morgan fingerprint density at radius 3 is 2.68 bits per heavy atom. The van der Waals surface area contributed by atoms with E-state index in [2.05, 4.69) is 52.1 Å². The topological polar surface area (TPSA) is 66.4 Å². The van der Waals surface area contributed by atoms with Gasteiger partial charge in [-0.05, 0) is 24.5 Å². The van der Waals surface area contributed by atoms with Crippen LogP contribution in [0.5, 0.6) is 0 Å². The summed E-state index contributed by atoms with van der Waals surface area (Å²) in [5.41, 5.74) is 5.40. The summed E-state index contributed by atoms with van der Waals surface area (Å²) < 4.78 is 25.5. The van der Waals surface area contributed by atoms with Crippen LogP contribution in [-0.2, 0) is 29.5 Å². The van der Waals surface area contributed by atoms with Crippen molar-refractivity contribution in [2.75, 3.05) is 19.3 Å². The molecule has 7 heteroatoms. The van der Waals surface area contributed by atoms with Crippen LogP contribution in [0.1, 0.15) is 35.9 Å². The molecule has 0 spiro atoms. The number of hydrogen-bond acceptors (Lipinski definition) is 5. The van der Waals surface area contributed by atoms with Crippen LogP contribution < -0.4 is 0 Å². The summed E-state index contributed by atoms with van der Waals surface area (Å²) in [6.45, 7) is 4.81. The molecule has 148 valence electrons. The monoisotopic (exact) mass is 398 g/mol. The molecule has 0 fully saturated rings. The van der Waals surface area contributed by atoms with Crippen LogP contribution in [0.25, 0.3) is 5.57 Å². The van der Waals surface area contributed by atoms with E-state index < -0.39 is 10.0 Å².